The van der Waals surface area contributed by atoms with Crippen LogP contribution in [0.3, 0.4) is 0 Å². The normalized spacial score (nSPS) is 10.9. The minimum atomic E-state index is -0.0205. The highest BCUT2D eigenvalue weighted by molar-refractivity contribution is 7.98. The van der Waals surface area contributed by atoms with Crippen molar-refractivity contribution in [2.75, 3.05) is 0 Å². The van der Waals surface area contributed by atoms with Crippen molar-refractivity contribution in [1.29, 1.82) is 0 Å². The van der Waals surface area contributed by atoms with Crippen LogP contribution in [0.4, 0.5) is 0 Å². The largest absolute Gasteiger partial charge is 0.390 e. The summed E-state index contributed by atoms with van der Waals surface area (Å²) in [5, 5.41) is 10.9. The molecule has 0 fully saturated rings. The molecule has 0 aromatic carbocycles. The number of imidazole rings is 1. The van der Waals surface area contributed by atoms with Crippen molar-refractivity contribution in [3.63, 3.8) is 0 Å². The molecule has 0 radical (unpaired) electrons. The quantitative estimate of drug-likeness (QED) is 0.697. The summed E-state index contributed by atoms with van der Waals surface area (Å²) in [5.74, 6) is 0.652. The Labute approximate surface area is 119 Å². The molecule has 0 atom stereocenters. The van der Waals surface area contributed by atoms with E-state index in [1.54, 1.807) is 18.5 Å². The van der Waals surface area contributed by atoms with Gasteiger partial charge in [0, 0.05) is 24.0 Å². The predicted octanol–water partition coefficient (Wildman–Crippen LogP) is 2.91. The zero-order valence-corrected chi connectivity index (χ0v) is 11.9. The lowest BCUT2D eigenvalue weighted by Crippen LogP contribution is -1.97. The van der Waals surface area contributed by atoms with Crippen LogP contribution in [0, 0.1) is 0 Å². The lowest BCUT2D eigenvalue weighted by molar-refractivity contribution is 0.271. The number of pyridine rings is 1. The third kappa shape index (κ3) is 2.98. The summed E-state index contributed by atoms with van der Waals surface area (Å²) in [6, 6.07) is 1.62. The van der Waals surface area contributed by atoms with Crippen molar-refractivity contribution < 1.29 is 5.11 Å². The van der Waals surface area contributed by atoms with Crippen LogP contribution in [0.2, 0.25) is 10.2 Å². The molecule has 1 N–H and O–H groups in total. The number of hydrogen-bond acceptors (Lipinski definition) is 4. The topological polar surface area (TPSA) is 50.9 Å². The number of nitrogens with zero attached hydrogens (tertiary/aromatic N) is 3. The molecule has 0 bridgehead atoms. The molecule has 0 amide bonds. The van der Waals surface area contributed by atoms with E-state index in [1.807, 2.05) is 11.6 Å². The van der Waals surface area contributed by atoms with Gasteiger partial charge in [0.05, 0.1) is 18.5 Å². The first kappa shape index (κ1) is 13.7. The Morgan fingerprint density at radius 2 is 2.11 bits per heavy atom. The molecule has 2 rings (SSSR count). The van der Waals surface area contributed by atoms with Gasteiger partial charge in [0.15, 0.2) is 5.16 Å². The number of rotatable bonds is 4. The second-order valence-electron chi connectivity index (χ2n) is 3.64. The highest BCUT2D eigenvalue weighted by Crippen LogP contribution is 2.27. The molecule has 4 nitrogen and oxygen atoms in total. The van der Waals surface area contributed by atoms with Crippen molar-refractivity contribution >= 4 is 35.0 Å². The van der Waals surface area contributed by atoms with Gasteiger partial charge in [-0.2, -0.15) is 0 Å². The van der Waals surface area contributed by atoms with Crippen LogP contribution in [-0.2, 0) is 19.4 Å². The van der Waals surface area contributed by atoms with Crippen LogP contribution >= 0.6 is 35.0 Å². The van der Waals surface area contributed by atoms with Crippen LogP contribution in [0.1, 0.15) is 11.3 Å². The lowest BCUT2D eigenvalue weighted by atomic mass is 10.3. The van der Waals surface area contributed by atoms with Crippen molar-refractivity contribution in [3.05, 3.63) is 39.9 Å². The van der Waals surface area contributed by atoms with Crippen molar-refractivity contribution in [3.8, 4) is 0 Å². The van der Waals surface area contributed by atoms with Crippen molar-refractivity contribution in [2.45, 2.75) is 17.5 Å². The van der Waals surface area contributed by atoms with Crippen LogP contribution in [0.15, 0.2) is 23.6 Å². The maximum atomic E-state index is 9.08. The molecule has 0 aliphatic rings. The average molecular weight is 304 g/mol. The summed E-state index contributed by atoms with van der Waals surface area (Å²) in [5.41, 5.74) is 1.68. The zero-order valence-electron chi connectivity index (χ0n) is 9.60. The van der Waals surface area contributed by atoms with E-state index in [1.165, 1.54) is 11.8 Å². The van der Waals surface area contributed by atoms with E-state index < -0.39 is 0 Å². The van der Waals surface area contributed by atoms with Gasteiger partial charge >= 0.3 is 0 Å². The molecule has 2 heterocycles. The summed E-state index contributed by atoms with van der Waals surface area (Å²) in [6.45, 7) is -0.0205. The minimum absolute atomic E-state index is 0.0205. The van der Waals surface area contributed by atoms with Gasteiger partial charge in [0.2, 0.25) is 0 Å². The molecular weight excluding hydrogens is 293 g/mol. The first-order chi connectivity index (χ1) is 8.61. The van der Waals surface area contributed by atoms with Crippen LogP contribution in [0.5, 0.6) is 0 Å². The molecule has 0 aliphatic heterocycles. The Morgan fingerprint density at radius 1 is 1.33 bits per heavy atom. The zero-order chi connectivity index (χ0) is 13.1. The Morgan fingerprint density at radius 3 is 2.72 bits per heavy atom. The van der Waals surface area contributed by atoms with E-state index in [2.05, 4.69) is 9.97 Å². The Hall–Kier alpha value is -0.750. The smallest absolute Gasteiger partial charge is 0.168 e. The van der Waals surface area contributed by atoms with Crippen LogP contribution in [-0.4, -0.2) is 19.6 Å². The fourth-order valence-corrected chi connectivity index (χ4v) is 2.86. The third-order valence-corrected chi connectivity index (χ3v) is 4.11. The van der Waals surface area contributed by atoms with Gasteiger partial charge in [-0.1, -0.05) is 35.0 Å². The highest BCUT2D eigenvalue weighted by Gasteiger charge is 2.08. The average Bonchev–Trinajstić information content (AvgIpc) is 2.69. The fourth-order valence-electron chi connectivity index (χ4n) is 1.39. The maximum Gasteiger partial charge on any atom is 0.168 e. The van der Waals surface area contributed by atoms with Gasteiger partial charge in [-0.15, -0.1) is 0 Å². The summed E-state index contributed by atoms with van der Waals surface area (Å²) < 4.78 is 1.85. The summed E-state index contributed by atoms with van der Waals surface area (Å²) in [7, 11) is 1.86. The molecule has 0 spiro atoms. The lowest BCUT2D eigenvalue weighted by Gasteiger charge is -2.05. The first-order valence-corrected chi connectivity index (χ1v) is 6.90. The second-order valence-corrected chi connectivity index (χ2v) is 5.37. The van der Waals surface area contributed by atoms with E-state index >= 15 is 0 Å². The standard InChI is InChI=1S/C11H11Cl2N3OS/c1-16-8(5-17)4-15-11(16)18-6-7-3-14-10(13)2-9(7)12/h2-4,17H,5-6H2,1H3. The molecule has 18 heavy (non-hydrogen) atoms. The monoisotopic (exact) mass is 303 g/mol. The maximum absolute atomic E-state index is 9.08. The molecule has 0 saturated carbocycles. The number of aliphatic hydroxyl groups is 1. The summed E-state index contributed by atoms with van der Waals surface area (Å²) in [6.07, 6.45) is 3.32. The molecule has 0 unspecified atom stereocenters. The highest BCUT2D eigenvalue weighted by atomic mass is 35.5. The minimum Gasteiger partial charge on any atom is -0.390 e. The number of hydrogen-bond donors (Lipinski definition) is 1. The van der Waals surface area contributed by atoms with Gasteiger partial charge in [0.1, 0.15) is 5.15 Å². The van der Waals surface area contributed by atoms with E-state index in [9.17, 15) is 0 Å². The Bertz CT molecular complexity index is 559. The third-order valence-electron chi connectivity index (χ3n) is 2.46. The van der Waals surface area contributed by atoms with E-state index in [-0.39, 0.29) is 6.61 Å². The fraction of sp³-hybridized carbons (Fsp3) is 0.273. The Kier molecular flexibility index (Phi) is 4.50. The summed E-state index contributed by atoms with van der Waals surface area (Å²) >= 11 is 13.3. The predicted molar refractivity (Wildman–Crippen MR) is 72.9 cm³/mol. The molecule has 0 aliphatic carbocycles. The molecule has 7 heteroatoms. The van der Waals surface area contributed by atoms with Gasteiger partial charge in [-0.05, 0) is 11.6 Å². The summed E-state index contributed by atoms with van der Waals surface area (Å²) in [4.78, 5) is 8.22. The van der Waals surface area contributed by atoms with Gasteiger partial charge < -0.3 is 9.67 Å². The number of halogens is 2. The number of aliphatic hydroxyl groups excluding tert-OH is 1. The van der Waals surface area contributed by atoms with Gasteiger partial charge in [-0.25, -0.2) is 9.97 Å². The Balaban J connectivity index is 2.09. The van der Waals surface area contributed by atoms with Gasteiger partial charge in [0.25, 0.3) is 0 Å². The molecule has 2 aromatic rings. The molecule has 96 valence electrons. The van der Waals surface area contributed by atoms with Crippen LogP contribution in [0.25, 0.3) is 0 Å². The van der Waals surface area contributed by atoms with Crippen LogP contribution < -0.4 is 0 Å². The van der Waals surface area contributed by atoms with Gasteiger partial charge in [-0.3, -0.25) is 0 Å². The SMILES string of the molecule is Cn1c(CO)cnc1SCc1cnc(Cl)cc1Cl. The molecule has 2 aromatic heterocycles. The van der Waals surface area contributed by atoms with E-state index in [4.69, 9.17) is 28.3 Å². The van der Waals surface area contributed by atoms with E-state index in [0.29, 0.717) is 15.9 Å². The molecular formula is C11H11Cl2N3OS. The first-order valence-electron chi connectivity index (χ1n) is 5.16. The second kappa shape index (κ2) is 5.93. The molecule has 0 saturated heterocycles. The van der Waals surface area contributed by atoms with Crippen molar-refractivity contribution in [2.24, 2.45) is 7.05 Å². The number of aromatic nitrogens is 3. The number of thioether (sulfide) groups is 1. The van der Waals surface area contributed by atoms with Crippen molar-refractivity contribution in [1.82, 2.24) is 14.5 Å². The van der Waals surface area contributed by atoms with E-state index in [0.717, 1.165) is 16.4 Å².